The zero-order valence-electron chi connectivity index (χ0n) is 18.6. The fourth-order valence-electron chi connectivity index (χ4n) is 3.36. The van der Waals surface area contributed by atoms with Crippen LogP contribution in [0.4, 0.5) is 0 Å². The molecule has 0 saturated heterocycles. The average Bonchev–Trinajstić information content (AvgIpc) is 3.29. The number of thiophene rings is 1. The van der Waals surface area contributed by atoms with E-state index in [1.807, 2.05) is 19.2 Å². The lowest BCUT2D eigenvalue weighted by Gasteiger charge is -2.30. The van der Waals surface area contributed by atoms with Crippen molar-refractivity contribution in [3.05, 3.63) is 46.2 Å². The van der Waals surface area contributed by atoms with E-state index in [1.54, 1.807) is 25.6 Å². The second kappa shape index (κ2) is 14.5. The largest absolute Gasteiger partial charge is 0.493 e. The Morgan fingerprint density at radius 1 is 1.10 bits per heavy atom. The maximum Gasteiger partial charge on any atom is 0.191 e. The zero-order chi connectivity index (χ0) is 21.1. The van der Waals surface area contributed by atoms with Gasteiger partial charge in [0.15, 0.2) is 17.5 Å². The number of nitrogens with zero attached hydrogens (tertiary/aromatic N) is 2. The van der Waals surface area contributed by atoms with E-state index in [-0.39, 0.29) is 24.0 Å². The van der Waals surface area contributed by atoms with Crippen LogP contribution < -0.4 is 20.1 Å². The van der Waals surface area contributed by atoms with Crippen LogP contribution in [0.2, 0.25) is 0 Å². The number of methoxy groups -OCH3 is 2. The Bertz CT molecular complexity index is 752. The molecule has 0 spiro atoms. The molecule has 0 radical (unpaired) electrons. The number of likely N-dealkylation sites (N-methyl/N-ethyl adjacent to an activating group) is 1. The van der Waals surface area contributed by atoms with Crippen molar-refractivity contribution in [1.82, 2.24) is 15.5 Å². The van der Waals surface area contributed by atoms with Crippen molar-refractivity contribution < 1.29 is 9.47 Å². The molecule has 0 aliphatic heterocycles. The molecule has 2 rings (SSSR count). The monoisotopic (exact) mass is 546 g/mol. The van der Waals surface area contributed by atoms with E-state index in [9.17, 15) is 0 Å². The first kappa shape index (κ1) is 26.5. The number of ether oxygens (including phenoxy) is 2. The van der Waals surface area contributed by atoms with E-state index < -0.39 is 0 Å². The van der Waals surface area contributed by atoms with Crippen molar-refractivity contribution >= 4 is 41.3 Å². The molecular formula is C22H35IN4O2S. The van der Waals surface area contributed by atoms with Gasteiger partial charge in [-0.05, 0) is 59.6 Å². The van der Waals surface area contributed by atoms with Crippen LogP contribution in [0.3, 0.4) is 0 Å². The summed E-state index contributed by atoms with van der Waals surface area (Å²) in [6.45, 7) is 8.05. The highest BCUT2D eigenvalue weighted by Gasteiger charge is 2.18. The van der Waals surface area contributed by atoms with Crippen LogP contribution in [0, 0.1) is 0 Å². The molecule has 0 aliphatic rings. The number of hydrogen-bond acceptors (Lipinski definition) is 5. The predicted molar refractivity (Wildman–Crippen MR) is 138 cm³/mol. The number of nitrogens with one attached hydrogen (secondary N) is 2. The van der Waals surface area contributed by atoms with Crippen LogP contribution in [0.15, 0.2) is 40.0 Å². The average molecular weight is 547 g/mol. The number of guanidine groups is 1. The molecule has 6 nitrogen and oxygen atoms in total. The molecule has 1 heterocycles. The van der Waals surface area contributed by atoms with Crippen LogP contribution in [0.1, 0.15) is 31.0 Å². The summed E-state index contributed by atoms with van der Waals surface area (Å²) in [6.07, 6.45) is 0.866. The molecule has 30 heavy (non-hydrogen) atoms. The summed E-state index contributed by atoms with van der Waals surface area (Å²) in [5.41, 5.74) is 2.54. The minimum absolute atomic E-state index is 0. The van der Waals surface area contributed by atoms with Gasteiger partial charge in [0.05, 0.1) is 20.3 Å². The molecular weight excluding hydrogens is 511 g/mol. The molecule has 8 heteroatoms. The third-order valence-corrected chi connectivity index (χ3v) is 5.72. The second-order valence-corrected chi connectivity index (χ2v) is 7.39. The Morgan fingerprint density at radius 2 is 1.83 bits per heavy atom. The van der Waals surface area contributed by atoms with E-state index in [0.29, 0.717) is 6.04 Å². The Labute approximate surface area is 202 Å². The third kappa shape index (κ3) is 7.63. The quantitative estimate of drug-likeness (QED) is 0.252. The third-order valence-electron chi connectivity index (χ3n) is 5.02. The Balaban J connectivity index is 0.00000450. The molecule has 0 amide bonds. The molecule has 1 aromatic carbocycles. The lowest BCUT2D eigenvalue weighted by Crippen LogP contribution is -2.43. The topological polar surface area (TPSA) is 58.1 Å². The minimum Gasteiger partial charge on any atom is -0.493 e. The predicted octanol–water partition coefficient (Wildman–Crippen LogP) is 4.17. The first-order valence-corrected chi connectivity index (χ1v) is 11.0. The number of hydrogen-bond donors (Lipinski definition) is 2. The SMILES string of the molecule is CCN(CC)C(CNC(=NC)NCCc1ccc(OC)c(OC)c1)c1ccsc1.I. The van der Waals surface area contributed by atoms with Gasteiger partial charge in [-0.1, -0.05) is 19.9 Å². The Hall–Kier alpha value is -1.52. The summed E-state index contributed by atoms with van der Waals surface area (Å²) in [5, 5.41) is 11.3. The van der Waals surface area contributed by atoms with Crippen molar-refractivity contribution in [2.75, 3.05) is 47.4 Å². The van der Waals surface area contributed by atoms with Gasteiger partial charge in [0.1, 0.15) is 0 Å². The van der Waals surface area contributed by atoms with Crippen LogP contribution in [0.25, 0.3) is 0 Å². The summed E-state index contributed by atoms with van der Waals surface area (Å²) in [4.78, 5) is 6.84. The fourth-order valence-corrected chi connectivity index (χ4v) is 4.07. The molecule has 0 saturated carbocycles. The maximum atomic E-state index is 5.38. The van der Waals surface area contributed by atoms with Gasteiger partial charge in [0.25, 0.3) is 0 Å². The highest BCUT2D eigenvalue weighted by atomic mass is 127. The molecule has 0 bridgehead atoms. The summed E-state index contributed by atoms with van der Waals surface area (Å²) in [7, 11) is 5.12. The van der Waals surface area contributed by atoms with Crippen molar-refractivity contribution in [1.29, 1.82) is 0 Å². The van der Waals surface area contributed by atoms with Gasteiger partial charge in [-0.2, -0.15) is 11.3 Å². The zero-order valence-corrected chi connectivity index (χ0v) is 21.8. The summed E-state index contributed by atoms with van der Waals surface area (Å²) in [6, 6.07) is 8.57. The lowest BCUT2D eigenvalue weighted by molar-refractivity contribution is 0.219. The molecule has 0 aliphatic carbocycles. The van der Waals surface area contributed by atoms with Crippen LogP contribution >= 0.6 is 35.3 Å². The van der Waals surface area contributed by atoms with Crippen LogP contribution in [-0.4, -0.2) is 58.3 Å². The highest BCUT2D eigenvalue weighted by molar-refractivity contribution is 14.0. The fraction of sp³-hybridized carbons (Fsp3) is 0.500. The molecule has 2 aromatic rings. The van der Waals surface area contributed by atoms with Crippen molar-refractivity contribution in [3.63, 3.8) is 0 Å². The van der Waals surface area contributed by atoms with Crippen molar-refractivity contribution in [2.24, 2.45) is 4.99 Å². The highest BCUT2D eigenvalue weighted by Crippen LogP contribution is 2.27. The Morgan fingerprint density at radius 3 is 2.40 bits per heavy atom. The van der Waals surface area contributed by atoms with Gasteiger partial charge < -0.3 is 20.1 Å². The van der Waals surface area contributed by atoms with Crippen molar-refractivity contribution in [3.8, 4) is 11.5 Å². The van der Waals surface area contributed by atoms with Crippen LogP contribution in [-0.2, 0) is 6.42 Å². The first-order chi connectivity index (χ1) is 14.2. The standard InChI is InChI=1S/C22H34N4O2S.HI/c1-6-26(7-2)19(18-11-13-29-16-18)15-25-22(23-3)24-12-10-17-8-9-20(27-4)21(14-17)28-5;/h8-9,11,13-14,16,19H,6-7,10,12,15H2,1-5H3,(H2,23,24,25);1H. The van der Waals surface area contributed by atoms with Gasteiger partial charge in [0, 0.05) is 20.1 Å². The van der Waals surface area contributed by atoms with E-state index in [1.165, 1.54) is 11.1 Å². The molecule has 1 aromatic heterocycles. The number of halogens is 1. The molecule has 168 valence electrons. The first-order valence-electron chi connectivity index (χ1n) is 10.1. The van der Waals surface area contributed by atoms with E-state index in [2.05, 4.69) is 57.3 Å². The van der Waals surface area contributed by atoms with Crippen molar-refractivity contribution in [2.45, 2.75) is 26.3 Å². The van der Waals surface area contributed by atoms with E-state index in [4.69, 9.17) is 9.47 Å². The second-order valence-electron chi connectivity index (χ2n) is 6.61. The van der Waals surface area contributed by atoms with Gasteiger partial charge in [-0.3, -0.25) is 9.89 Å². The van der Waals surface area contributed by atoms with Crippen LogP contribution in [0.5, 0.6) is 11.5 Å². The molecule has 1 atom stereocenters. The maximum absolute atomic E-state index is 5.38. The minimum atomic E-state index is 0. The van der Waals surface area contributed by atoms with Gasteiger partial charge in [0.2, 0.25) is 0 Å². The summed E-state index contributed by atoms with van der Waals surface area (Å²) in [5.74, 6) is 2.32. The molecule has 1 unspecified atom stereocenters. The van der Waals surface area contributed by atoms with Gasteiger partial charge in [-0.15, -0.1) is 24.0 Å². The number of rotatable bonds is 11. The smallest absolute Gasteiger partial charge is 0.191 e. The molecule has 2 N–H and O–H groups in total. The summed E-state index contributed by atoms with van der Waals surface area (Å²) >= 11 is 1.74. The molecule has 0 fully saturated rings. The van der Waals surface area contributed by atoms with Gasteiger partial charge in [-0.25, -0.2) is 0 Å². The number of aliphatic imine (C=N–C) groups is 1. The Kier molecular flexibility index (Phi) is 12.8. The number of benzene rings is 1. The lowest BCUT2D eigenvalue weighted by atomic mass is 10.1. The normalized spacial score (nSPS) is 12.3. The van der Waals surface area contributed by atoms with Gasteiger partial charge >= 0.3 is 0 Å². The summed E-state index contributed by atoms with van der Waals surface area (Å²) < 4.78 is 10.7. The van der Waals surface area contributed by atoms with E-state index in [0.717, 1.165) is 50.1 Å². The van der Waals surface area contributed by atoms with E-state index >= 15 is 0 Å².